The van der Waals surface area contributed by atoms with Gasteiger partial charge in [0.2, 0.25) is 0 Å². The zero-order chi connectivity index (χ0) is 12.1. The van der Waals surface area contributed by atoms with Gasteiger partial charge in [0.1, 0.15) is 5.75 Å². The molecule has 0 fully saturated rings. The number of rotatable bonds is 5. The van der Waals surface area contributed by atoms with Gasteiger partial charge in [0.05, 0.1) is 0 Å². The summed E-state index contributed by atoms with van der Waals surface area (Å²) in [6.45, 7) is 6.65. The van der Waals surface area contributed by atoms with Crippen molar-refractivity contribution in [1.82, 2.24) is 0 Å². The van der Waals surface area contributed by atoms with E-state index >= 15 is 0 Å². The highest BCUT2D eigenvalue weighted by atomic mass is 19.3. The fourth-order valence-electron chi connectivity index (χ4n) is 1.41. The van der Waals surface area contributed by atoms with Gasteiger partial charge in [-0.15, -0.1) is 6.58 Å². The van der Waals surface area contributed by atoms with E-state index in [0.29, 0.717) is 0 Å². The Morgan fingerprint density at radius 2 is 2.06 bits per heavy atom. The van der Waals surface area contributed by atoms with Gasteiger partial charge in [0, 0.05) is 5.92 Å². The number of halogens is 2. The Morgan fingerprint density at radius 3 is 2.56 bits per heavy atom. The minimum atomic E-state index is -2.80. The first kappa shape index (κ1) is 12.7. The Bertz CT molecular complexity index is 361. The normalized spacial score (nSPS) is 12.6. The van der Waals surface area contributed by atoms with Gasteiger partial charge in [-0.3, -0.25) is 0 Å². The highest BCUT2D eigenvalue weighted by Gasteiger charge is 2.09. The highest BCUT2D eigenvalue weighted by Crippen LogP contribution is 2.25. The molecule has 16 heavy (non-hydrogen) atoms. The van der Waals surface area contributed by atoms with Crippen molar-refractivity contribution in [3.8, 4) is 5.75 Å². The molecule has 0 spiro atoms. The number of alkyl halides is 2. The molecule has 87 valence electrons. The van der Waals surface area contributed by atoms with Crippen molar-refractivity contribution in [2.24, 2.45) is 0 Å². The topological polar surface area (TPSA) is 9.23 Å². The third-order valence-corrected chi connectivity index (χ3v) is 2.33. The molecule has 0 aromatic heterocycles. The standard InChI is InChI=1S/C13H15F2O/c1-4-9(3)11-6-10(5-2)7-12(8-11)16-13(14)15/h4,6-9,13H,1,3,5H2,2H3. The number of hydrogen-bond donors (Lipinski definition) is 0. The minimum Gasteiger partial charge on any atom is -0.435 e. The van der Waals surface area contributed by atoms with Crippen molar-refractivity contribution in [2.45, 2.75) is 25.9 Å². The van der Waals surface area contributed by atoms with E-state index in [0.717, 1.165) is 17.5 Å². The summed E-state index contributed by atoms with van der Waals surface area (Å²) in [4.78, 5) is 0. The molecule has 0 amide bonds. The van der Waals surface area contributed by atoms with Crippen LogP contribution in [0.5, 0.6) is 5.75 Å². The average molecular weight is 225 g/mol. The van der Waals surface area contributed by atoms with E-state index in [-0.39, 0.29) is 11.7 Å². The molecule has 0 aliphatic rings. The zero-order valence-corrected chi connectivity index (χ0v) is 9.25. The van der Waals surface area contributed by atoms with Gasteiger partial charge in [-0.2, -0.15) is 8.78 Å². The fraction of sp³-hybridized carbons (Fsp3) is 0.308. The van der Waals surface area contributed by atoms with Crippen LogP contribution in [0.25, 0.3) is 0 Å². The second kappa shape index (κ2) is 5.64. The Balaban J connectivity index is 3.05. The van der Waals surface area contributed by atoms with Crippen LogP contribution in [0.15, 0.2) is 30.9 Å². The maximum atomic E-state index is 12.1. The molecule has 0 heterocycles. The largest absolute Gasteiger partial charge is 0.435 e. The molecule has 0 saturated heterocycles. The molecule has 1 unspecified atom stereocenters. The van der Waals surface area contributed by atoms with Crippen molar-refractivity contribution in [3.63, 3.8) is 0 Å². The molecule has 1 nitrogen and oxygen atoms in total. The number of aryl methyl sites for hydroxylation is 1. The predicted molar refractivity (Wildman–Crippen MR) is 60.7 cm³/mol. The minimum absolute atomic E-state index is 0.119. The van der Waals surface area contributed by atoms with Crippen LogP contribution in [0.3, 0.4) is 0 Å². The Kier molecular flexibility index (Phi) is 4.47. The third kappa shape index (κ3) is 3.33. The maximum absolute atomic E-state index is 12.1. The van der Waals surface area contributed by atoms with Crippen LogP contribution in [0.1, 0.15) is 24.0 Å². The monoisotopic (exact) mass is 225 g/mol. The van der Waals surface area contributed by atoms with E-state index in [9.17, 15) is 8.78 Å². The van der Waals surface area contributed by atoms with Gasteiger partial charge in [0.15, 0.2) is 0 Å². The lowest BCUT2D eigenvalue weighted by atomic mass is 9.98. The second-order valence-corrected chi connectivity index (χ2v) is 3.48. The quantitative estimate of drug-likeness (QED) is 0.689. The molecule has 3 heteroatoms. The summed E-state index contributed by atoms with van der Waals surface area (Å²) < 4.78 is 28.6. The van der Waals surface area contributed by atoms with Crippen molar-refractivity contribution < 1.29 is 13.5 Å². The molecular formula is C13H15F2O. The number of benzene rings is 1. The molecule has 1 rings (SSSR count). The van der Waals surface area contributed by atoms with Gasteiger partial charge < -0.3 is 4.74 Å². The number of ether oxygens (including phenoxy) is 1. The van der Waals surface area contributed by atoms with Gasteiger partial charge in [0.25, 0.3) is 0 Å². The lowest BCUT2D eigenvalue weighted by Gasteiger charge is -2.12. The molecule has 1 aromatic rings. The molecule has 0 saturated carbocycles. The summed E-state index contributed by atoms with van der Waals surface area (Å²) in [5.41, 5.74) is 1.79. The smallest absolute Gasteiger partial charge is 0.387 e. The molecule has 0 N–H and O–H groups in total. The number of hydrogen-bond acceptors (Lipinski definition) is 1. The summed E-state index contributed by atoms with van der Waals surface area (Å²) in [6.07, 6.45) is 2.43. The molecular weight excluding hydrogens is 210 g/mol. The van der Waals surface area contributed by atoms with E-state index in [4.69, 9.17) is 0 Å². The van der Waals surface area contributed by atoms with Gasteiger partial charge in [-0.05, 0) is 36.6 Å². The lowest BCUT2D eigenvalue weighted by molar-refractivity contribution is -0.0499. The second-order valence-electron chi connectivity index (χ2n) is 3.48. The van der Waals surface area contributed by atoms with Crippen LogP contribution in [-0.4, -0.2) is 6.61 Å². The van der Waals surface area contributed by atoms with Gasteiger partial charge >= 0.3 is 6.61 Å². The van der Waals surface area contributed by atoms with Crippen LogP contribution in [0.4, 0.5) is 8.78 Å². The summed E-state index contributed by atoms with van der Waals surface area (Å²) in [7, 11) is 0. The summed E-state index contributed by atoms with van der Waals surface area (Å²) in [5, 5.41) is 0. The van der Waals surface area contributed by atoms with Crippen LogP contribution in [0.2, 0.25) is 0 Å². The zero-order valence-electron chi connectivity index (χ0n) is 9.25. The lowest BCUT2D eigenvalue weighted by Crippen LogP contribution is -2.03. The first-order valence-electron chi connectivity index (χ1n) is 5.11. The Hall–Kier alpha value is -1.38. The van der Waals surface area contributed by atoms with E-state index in [2.05, 4.69) is 18.2 Å². The summed E-state index contributed by atoms with van der Waals surface area (Å²) in [6, 6.07) is 5.12. The van der Waals surface area contributed by atoms with Crippen LogP contribution in [0, 0.1) is 6.92 Å². The first-order valence-corrected chi connectivity index (χ1v) is 5.11. The van der Waals surface area contributed by atoms with E-state index in [1.54, 1.807) is 18.2 Å². The molecule has 1 radical (unpaired) electrons. The molecule has 0 aliphatic carbocycles. The van der Waals surface area contributed by atoms with Crippen LogP contribution >= 0.6 is 0 Å². The molecule has 0 bridgehead atoms. The molecule has 1 aromatic carbocycles. The van der Waals surface area contributed by atoms with Crippen LogP contribution < -0.4 is 4.74 Å². The average Bonchev–Trinajstić information content (AvgIpc) is 2.26. The maximum Gasteiger partial charge on any atom is 0.387 e. The first-order chi connectivity index (χ1) is 7.56. The van der Waals surface area contributed by atoms with Gasteiger partial charge in [-0.1, -0.05) is 19.1 Å². The van der Waals surface area contributed by atoms with Crippen LogP contribution in [-0.2, 0) is 6.42 Å². The van der Waals surface area contributed by atoms with Crippen molar-refractivity contribution in [3.05, 3.63) is 48.9 Å². The summed E-state index contributed by atoms with van der Waals surface area (Å²) in [5.74, 6) is 0.0615. The van der Waals surface area contributed by atoms with E-state index < -0.39 is 6.61 Å². The van der Waals surface area contributed by atoms with Crippen molar-refractivity contribution in [1.29, 1.82) is 0 Å². The third-order valence-electron chi connectivity index (χ3n) is 2.33. The fourth-order valence-corrected chi connectivity index (χ4v) is 1.41. The Morgan fingerprint density at radius 1 is 1.38 bits per heavy atom. The van der Waals surface area contributed by atoms with E-state index in [1.807, 2.05) is 13.0 Å². The molecule has 0 aliphatic heterocycles. The van der Waals surface area contributed by atoms with Crippen molar-refractivity contribution >= 4 is 0 Å². The predicted octanol–water partition coefficient (Wildman–Crippen LogP) is 3.95. The highest BCUT2D eigenvalue weighted by molar-refractivity contribution is 5.38. The SMILES string of the molecule is [CH2]C(C=C)c1cc(CC)cc(OC(F)F)c1. The number of allylic oxidation sites excluding steroid dienone is 1. The van der Waals surface area contributed by atoms with Gasteiger partial charge in [-0.25, -0.2) is 0 Å². The molecule has 1 atom stereocenters. The Labute approximate surface area is 94.7 Å². The van der Waals surface area contributed by atoms with E-state index in [1.165, 1.54) is 0 Å². The summed E-state index contributed by atoms with van der Waals surface area (Å²) >= 11 is 0. The van der Waals surface area contributed by atoms with Crippen molar-refractivity contribution in [2.75, 3.05) is 0 Å².